The summed E-state index contributed by atoms with van der Waals surface area (Å²) in [5.41, 5.74) is 1.27. The van der Waals surface area contributed by atoms with Gasteiger partial charge in [-0.2, -0.15) is 0 Å². The summed E-state index contributed by atoms with van der Waals surface area (Å²) < 4.78 is 13.1. The predicted molar refractivity (Wildman–Crippen MR) is 72.3 cm³/mol. The molecule has 0 spiro atoms. The van der Waals surface area contributed by atoms with E-state index in [4.69, 9.17) is 0 Å². The molecule has 4 nitrogen and oxygen atoms in total. The molecule has 2 rings (SSSR count). The van der Waals surface area contributed by atoms with Gasteiger partial charge in [-0.3, -0.25) is 10.1 Å². The maximum Gasteiger partial charge on any atom is 0.256 e. The molecule has 19 heavy (non-hydrogen) atoms. The fourth-order valence-electron chi connectivity index (χ4n) is 1.98. The van der Waals surface area contributed by atoms with Gasteiger partial charge in [-0.05, 0) is 51.0 Å². The minimum absolute atomic E-state index is 0.182. The number of nitrogens with one attached hydrogen (secondary N) is 2. The number of rotatable bonds is 1. The Morgan fingerprint density at radius 3 is 2.63 bits per heavy atom. The highest BCUT2D eigenvalue weighted by Gasteiger charge is 2.30. The van der Waals surface area contributed by atoms with Crippen LogP contribution < -0.4 is 10.6 Å². The third-order valence-electron chi connectivity index (χ3n) is 2.77. The summed E-state index contributed by atoms with van der Waals surface area (Å²) in [7, 11) is 0. The number of carbonyl (C=O) groups is 1. The molecule has 5 heteroatoms. The fraction of sp³-hybridized carbons (Fsp3) is 0.429. The minimum Gasteiger partial charge on any atom is -0.351 e. The molecule has 1 amide bonds. The van der Waals surface area contributed by atoms with Crippen molar-refractivity contribution < 1.29 is 9.18 Å². The van der Waals surface area contributed by atoms with Crippen molar-refractivity contribution in [2.24, 2.45) is 4.99 Å². The van der Waals surface area contributed by atoms with E-state index in [-0.39, 0.29) is 17.3 Å². The minimum atomic E-state index is -0.606. The molecular weight excluding hydrogens is 245 g/mol. The van der Waals surface area contributed by atoms with Gasteiger partial charge in [-0.1, -0.05) is 6.07 Å². The van der Waals surface area contributed by atoms with Gasteiger partial charge < -0.3 is 5.32 Å². The molecule has 0 fully saturated rings. The van der Waals surface area contributed by atoms with Gasteiger partial charge in [0.15, 0.2) is 12.0 Å². The molecule has 0 aromatic heterocycles. The van der Waals surface area contributed by atoms with Crippen LogP contribution in [-0.2, 0) is 4.79 Å². The van der Waals surface area contributed by atoms with Crippen molar-refractivity contribution >= 4 is 11.9 Å². The highest BCUT2D eigenvalue weighted by atomic mass is 19.1. The summed E-state index contributed by atoms with van der Waals surface area (Å²) in [6.07, 6.45) is 0. The van der Waals surface area contributed by atoms with Crippen LogP contribution in [0.4, 0.5) is 4.39 Å². The maximum atomic E-state index is 13.1. The number of hydrogen-bond donors (Lipinski definition) is 2. The number of aryl methyl sites for hydroxylation is 1. The molecule has 1 atom stereocenters. The third-order valence-corrected chi connectivity index (χ3v) is 2.77. The van der Waals surface area contributed by atoms with Crippen LogP contribution in [0.1, 0.15) is 37.9 Å². The van der Waals surface area contributed by atoms with E-state index >= 15 is 0 Å². The summed E-state index contributed by atoms with van der Waals surface area (Å²) in [4.78, 5) is 16.3. The van der Waals surface area contributed by atoms with E-state index < -0.39 is 6.04 Å². The lowest BCUT2D eigenvalue weighted by atomic mass is 10.0. The van der Waals surface area contributed by atoms with Crippen molar-refractivity contribution in [3.63, 3.8) is 0 Å². The average molecular weight is 263 g/mol. The van der Waals surface area contributed by atoms with Crippen LogP contribution in [0.25, 0.3) is 0 Å². The summed E-state index contributed by atoms with van der Waals surface area (Å²) >= 11 is 0. The monoisotopic (exact) mass is 263 g/mol. The first kappa shape index (κ1) is 13.5. The molecule has 102 valence electrons. The molecule has 1 aliphatic rings. The molecule has 0 saturated heterocycles. The maximum absolute atomic E-state index is 13.1. The Morgan fingerprint density at radius 1 is 1.37 bits per heavy atom. The van der Waals surface area contributed by atoms with E-state index in [0.717, 1.165) is 11.1 Å². The van der Waals surface area contributed by atoms with Crippen molar-refractivity contribution in [3.8, 4) is 0 Å². The van der Waals surface area contributed by atoms with Crippen molar-refractivity contribution in [2.45, 2.75) is 39.3 Å². The van der Waals surface area contributed by atoms with Gasteiger partial charge in [-0.25, -0.2) is 9.38 Å². The zero-order valence-corrected chi connectivity index (χ0v) is 11.5. The Balaban J connectivity index is 2.27. The summed E-state index contributed by atoms with van der Waals surface area (Å²) in [6, 6.07) is 3.76. The number of guanidine groups is 1. The molecule has 1 heterocycles. The standard InChI is InChI=1S/C14H18FN3O/c1-8-7-9(15)5-6-10(8)11-12(19)17-13(16-11)18-14(2,3)4/h5-7,11H,1-4H3,(H2,16,17,18,19). The Bertz CT molecular complexity index is 546. The van der Waals surface area contributed by atoms with Crippen molar-refractivity contribution in [1.29, 1.82) is 0 Å². The quantitative estimate of drug-likeness (QED) is 0.814. The molecule has 1 unspecified atom stereocenters. The molecule has 0 saturated carbocycles. The van der Waals surface area contributed by atoms with Crippen molar-refractivity contribution in [2.75, 3.05) is 0 Å². The Kier molecular flexibility index (Phi) is 3.30. The highest BCUT2D eigenvalue weighted by molar-refractivity contribution is 6.05. The molecule has 1 aliphatic heterocycles. The number of halogens is 1. The van der Waals surface area contributed by atoms with Gasteiger partial charge in [0, 0.05) is 5.54 Å². The highest BCUT2D eigenvalue weighted by Crippen LogP contribution is 2.25. The van der Waals surface area contributed by atoms with E-state index in [1.54, 1.807) is 13.0 Å². The largest absolute Gasteiger partial charge is 0.351 e. The number of aliphatic imine (C=N–C) groups is 1. The van der Waals surface area contributed by atoms with E-state index in [0.29, 0.717) is 5.96 Å². The Labute approximate surface area is 112 Å². The SMILES string of the molecule is Cc1cc(F)ccc1C1N=C(NC(C)(C)C)NC1=O. The van der Waals surface area contributed by atoms with E-state index in [2.05, 4.69) is 15.6 Å². The summed E-state index contributed by atoms with van der Waals surface area (Å²) in [5, 5.41) is 5.83. The van der Waals surface area contributed by atoms with Gasteiger partial charge in [-0.15, -0.1) is 0 Å². The van der Waals surface area contributed by atoms with Crippen LogP contribution in [0.3, 0.4) is 0 Å². The number of nitrogens with zero attached hydrogens (tertiary/aromatic N) is 1. The first-order valence-corrected chi connectivity index (χ1v) is 6.19. The number of hydrogen-bond acceptors (Lipinski definition) is 3. The van der Waals surface area contributed by atoms with Crippen LogP contribution in [-0.4, -0.2) is 17.4 Å². The van der Waals surface area contributed by atoms with E-state index in [1.165, 1.54) is 12.1 Å². The lowest BCUT2D eigenvalue weighted by Crippen LogP contribution is -2.46. The number of benzene rings is 1. The van der Waals surface area contributed by atoms with E-state index in [1.807, 2.05) is 20.8 Å². The normalized spacial score (nSPS) is 19.1. The molecule has 0 radical (unpaired) electrons. The van der Waals surface area contributed by atoms with Gasteiger partial charge in [0.1, 0.15) is 5.82 Å². The van der Waals surface area contributed by atoms with Crippen LogP contribution in [0.2, 0.25) is 0 Å². The number of amides is 1. The second-order valence-electron chi connectivity index (χ2n) is 5.75. The molecule has 1 aromatic rings. The second-order valence-corrected chi connectivity index (χ2v) is 5.75. The average Bonchev–Trinajstić information content (AvgIpc) is 2.56. The Morgan fingerprint density at radius 2 is 2.05 bits per heavy atom. The lowest BCUT2D eigenvalue weighted by Gasteiger charge is -2.21. The molecule has 1 aromatic carbocycles. The van der Waals surface area contributed by atoms with E-state index in [9.17, 15) is 9.18 Å². The molecular formula is C14H18FN3O. The zero-order valence-electron chi connectivity index (χ0n) is 11.5. The van der Waals surface area contributed by atoms with Gasteiger partial charge in [0.05, 0.1) is 0 Å². The predicted octanol–water partition coefficient (Wildman–Crippen LogP) is 2.05. The van der Waals surface area contributed by atoms with Crippen LogP contribution >= 0.6 is 0 Å². The second kappa shape index (κ2) is 4.64. The molecule has 2 N–H and O–H groups in total. The van der Waals surface area contributed by atoms with Crippen molar-refractivity contribution in [3.05, 3.63) is 35.1 Å². The fourth-order valence-corrected chi connectivity index (χ4v) is 1.98. The van der Waals surface area contributed by atoms with Crippen LogP contribution in [0.15, 0.2) is 23.2 Å². The molecule has 0 bridgehead atoms. The zero-order chi connectivity index (χ0) is 14.2. The smallest absolute Gasteiger partial charge is 0.256 e. The lowest BCUT2D eigenvalue weighted by molar-refractivity contribution is -0.120. The topological polar surface area (TPSA) is 53.5 Å². The Hall–Kier alpha value is -1.91. The summed E-state index contributed by atoms with van der Waals surface area (Å²) in [5.74, 6) is -0.0376. The number of carbonyl (C=O) groups excluding carboxylic acids is 1. The molecule has 0 aliphatic carbocycles. The van der Waals surface area contributed by atoms with Crippen LogP contribution in [0, 0.1) is 12.7 Å². The van der Waals surface area contributed by atoms with Gasteiger partial charge in [0.25, 0.3) is 5.91 Å². The first-order valence-electron chi connectivity index (χ1n) is 6.19. The van der Waals surface area contributed by atoms with Gasteiger partial charge in [0.2, 0.25) is 0 Å². The summed E-state index contributed by atoms with van der Waals surface area (Å²) in [6.45, 7) is 7.73. The third kappa shape index (κ3) is 3.10. The first-order chi connectivity index (χ1) is 8.76. The van der Waals surface area contributed by atoms with Crippen molar-refractivity contribution in [1.82, 2.24) is 10.6 Å². The van der Waals surface area contributed by atoms with Crippen LogP contribution in [0.5, 0.6) is 0 Å². The van der Waals surface area contributed by atoms with Gasteiger partial charge >= 0.3 is 0 Å².